The molecule has 1 amide bonds. The number of ether oxygens (including phenoxy) is 1. The van der Waals surface area contributed by atoms with Crippen LogP contribution in [0.1, 0.15) is 26.3 Å². The first-order chi connectivity index (χ1) is 9.60. The maximum Gasteiger partial charge on any atom is 0.408 e. The molecule has 0 aliphatic heterocycles. The van der Waals surface area contributed by atoms with Gasteiger partial charge in [0.1, 0.15) is 11.6 Å². The summed E-state index contributed by atoms with van der Waals surface area (Å²) in [6, 6.07) is 3.69. The van der Waals surface area contributed by atoms with Crippen molar-refractivity contribution in [1.82, 2.24) is 5.32 Å². The van der Waals surface area contributed by atoms with Gasteiger partial charge in [0.15, 0.2) is 0 Å². The molecule has 7 heteroatoms. The van der Waals surface area contributed by atoms with Crippen LogP contribution in [0.2, 0.25) is 10.0 Å². The molecule has 0 aromatic heterocycles. The van der Waals surface area contributed by atoms with Gasteiger partial charge in [-0.2, -0.15) is 0 Å². The van der Waals surface area contributed by atoms with Crippen molar-refractivity contribution in [2.45, 2.75) is 38.8 Å². The molecular weight excluding hydrogens is 317 g/mol. The SMILES string of the molecule is CC(C)(C)OC(=O)N[C@H](Cc1c(Cl)cccc1Cl)C(=O)O. The lowest BCUT2D eigenvalue weighted by Crippen LogP contribution is -2.44. The average molecular weight is 334 g/mol. The first kappa shape index (κ1) is 17.6. The Hall–Kier alpha value is -1.46. The fraction of sp³-hybridized carbons (Fsp3) is 0.429. The van der Waals surface area contributed by atoms with Gasteiger partial charge in [0, 0.05) is 16.5 Å². The number of hydrogen-bond acceptors (Lipinski definition) is 3. The van der Waals surface area contributed by atoms with Gasteiger partial charge in [0.05, 0.1) is 0 Å². The van der Waals surface area contributed by atoms with E-state index in [1.54, 1.807) is 39.0 Å². The quantitative estimate of drug-likeness (QED) is 0.883. The molecule has 0 aliphatic carbocycles. The zero-order valence-corrected chi connectivity index (χ0v) is 13.5. The standard InChI is InChI=1S/C14H17Cl2NO4/c1-14(2,3)21-13(20)17-11(12(18)19)7-8-9(15)5-4-6-10(8)16/h4-6,11H,7H2,1-3H3,(H,17,20)(H,18,19)/t11-/m1/s1. The van der Waals surface area contributed by atoms with E-state index in [-0.39, 0.29) is 6.42 Å². The highest BCUT2D eigenvalue weighted by atomic mass is 35.5. The summed E-state index contributed by atoms with van der Waals surface area (Å²) in [4.78, 5) is 22.9. The Kier molecular flexibility index (Phi) is 5.87. The van der Waals surface area contributed by atoms with Gasteiger partial charge in [-0.3, -0.25) is 0 Å². The zero-order chi connectivity index (χ0) is 16.2. The predicted molar refractivity (Wildman–Crippen MR) is 81.0 cm³/mol. The Labute approximate surface area is 133 Å². The molecule has 0 bridgehead atoms. The molecule has 0 saturated heterocycles. The Morgan fingerprint density at radius 2 is 1.81 bits per heavy atom. The average Bonchev–Trinajstić information content (AvgIpc) is 2.29. The highest BCUT2D eigenvalue weighted by molar-refractivity contribution is 6.36. The van der Waals surface area contributed by atoms with Crippen molar-refractivity contribution >= 4 is 35.3 Å². The number of amides is 1. The van der Waals surface area contributed by atoms with Crippen molar-refractivity contribution in [3.05, 3.63) is 33.8 Å². The molecule has 0 fully saturated rings. The number of aliphatic carboxylic acids is 1. The molecule has 1 aromatic carbocycles. The lowest BCUT2D eigenvalue weighted by Gasteiger charge is -2.22. The van der Waals surface area contributed by atoms with Gasteiger partial charge in [-0.25, -0.2) is 9.59 Å². The molecular formula is C14H17Cl2NO4. The number of carboxylic acid groups (broad SMARTS) is 1. The molecule has 0 radical (unpaired) electrons. The van der Waals surface area contributed by atoms with Gasteiger partial charge in [-0.15, -0.1) is 0 Å². The Bertz CT molecular complexity index is 520. The smallest absolute Gasteiger partial charge is 0.408 e. The normalized spacial score (nSPS) is 12.6. The van der Waals surface area contributed by atoms with Crippen LogP contribution in [0.3, 0.4) is 0 Å². The van der Waals surface area contributed by atoms with Crippen molar-refractivity contribution in [1.29, 1.82) is 0 Å². The van der Waals surface area contributed by atoms with E-state index in [1.165, 1.54) is 0 Å². The number of benzene rings is 1. The summed E-state index contributed by atoms with van der Waals surface area (Å²) in [7, 11) is 0. The maximum atomic E-state index is 11.7. The van der Waals surface area contributed by atoms with E-state index in [0.29, 0.717) is 15.6 Å². The molecule has 2 N–H and O–H groups in total. The van der Waals surface area contributed by atoms with E-state index in [2.05, 4.69) is 5.32 Å². The molecule has 0 saturated carbocycles. The molecule has 21 heavy (non-hydrogen) atoms. The van der Waals surface area contributed by atoms with E-state index in [0.717, 1.165) is 0 Å². The number of rotatable bonds is 4. The van der Waals surface area contributed by atoms with Crippen molar-refractivity contribution in [2.24, 2.45) is 0 Å². The first-order valence-electron chi connectivity index (χ1n) is 6.25. The third-order valence-corrected chi connectivity index (χ3v) is 3.17. The number of hydrogen-bond donors (Lipinski definition) is 2. The monoisotopic (exact) mass is 333 g/mol. The summed E-state index contributed by atoms with van der Waals surface area (Å²) >= 11 is 12.0. The van der Waals surface area contributed by atoms with Gasteiger partial charge in [0.25, 0.3) is 0 Å². The molecule has 1 atom stereocenters. The number of alkyl carbamates (subject to hydrolysis) is 1. The molecule has 0 spiro atoms. The minimum Gasteiger partial charge on any atom is -0.480 e. The lowest BCUT2D eigenvalue weighted by atomic mass is 10.1. The number of carboxylic acids is 1. The lowest BCUT2D eigenvalue weighted by molar-refractivity contribution is -0.139. The van der Waals surface area contributed by atoms with E-state index in [9.17, 15) is 14.7 Å². The third kappa shape index (κ3) is 5.81. The fourth-order valence-electron chi connectivity index (χ4n) is 1.58. The number of carbonyl (C=O) groups is 2. The van der Waals surface area contributed by atoms with Crippen molar-refractivity contribution in [3.8, 4) is 0 Å². The Balaban J connectivity index is 2.84. The van der Waals surface area contributed by atoms with Crippen LogP contribution < -0.4 is 5.32 Å². The first-order valence-corrected chi connectivity index (χ1v) is 7.01. The molecule has 0 heterocycles. The summed E-state index contributed by atoms with van der Waals surface area (Å²) in [5.74, 6) is -1.20. The van der Waals surface area contributed by atoms with Crippen LogP contribution in [-0.2, 0) is 16.0 Å². The predicted octanol–water partition coefficient (Wildman–Crippen LogP) is 3.51. The van der Waals surface area contributed by atoms with Crippen LogP contribution >= 0.6 is 23.2 Å². The zero-order valence-electron chi connectivity index (χ0n) is 11.9. The molecule has 0 aliphatic rings. The minimum atomic E-state index is -1.20. The fourth-order valence-corrected chi connectivity index (χ4v) is 2.13. The molecule has 0 unspecified atom stereocenters. The van der Waals surface area contributed by atoms with Crippen LogP contribution in [0.4, 0.5) is 4.79 Å². The maximum absolute atomic E-state index is 11.7. The topological polar surface area (TPSA) is 75.6 Å². The van der Waals surface area contributed by atoms with Gasteiger partial charge in [-0.1, -0.05) is 29.3 Å². The highest BCUT2D eigenvalue weighted by Gasteiger charge is 2.25. The molecule has 116 valence electrons. The summed E-state index contributed by atoms with van der Waals surface area (Å²) in [6.07, 6.45) is -0.842. The molecule has 1 rings (SSSR count). The van der Waals surface area contributed by atoms with Crippen LogP contribution in [0.25, 0.3) is 0 Å². The van der Waals surface area contributed by atoms with Gasteiger partial charge >= 0.3 is 12.1 Å². The number of halogens is 2. The van der Waals surface area contributed by atoms with Gasteiger partial charge in [-0.05, 0) is 38.5 Å². The van der Waals surface area contributed by atoms with Crippen molar-refractivity contribution in [3.63, 3.8) is 0 Å². The molecule has 5 nitrogen and oxygen atoms in total. The van der Waals surface area contributed by atoms with Crippen molar-refractivity contribution in [2.75, 3.05) is 0 Å². The second-order valence-electron chi connectivity index (χ2n) is 5.44. The Morgan fingerprint density at radius 3 is 2.24 bits per heavy atom. The number of carbonyl (C=O) groups excluding carboxylic acids is 1. The van der Waals surface area contributed by atoms with Gasteiger partial charge < -0.3 is 15.2 Å². The minimum absolute atomic E-state index is 0.0346. The largest absolute Gasteiger partial charge is 0.480 e. The Morgan fingerprint density at radius 1 is 1.29 bits per heavy atom. The summed E-state index contributed by atoms with van der Waals surface area (Å²) in [6.45, 7) is 5.06. The highest BCUT2D eigenvalue weighted by Crippen LogP contribution is 2.25. The van der Waals surface area contributed by atoms with E-state index in [1.807, 2.05) is 0 Å². The van der Waals surface area contributed by atoms with Crippen LogP contribution in [0, 0.1) is 0 Å². The number of nitrogens with one attached hydrogen (secondary N) is 1. The second kappa shape index (κ2) is 7.00. The third-order valence-electron chi connectivity index (χ3n) is 2.46. The van der Waals surface area contributed by atoms with E-state index >= 15 is 0 Å². The van der Waals surface area contributed by atoms with E-state index < -0.39 is 23.7 Å². The summed E-state index contributed by atoms with van der Waals surface area (Å²) in [5, 5.41) is 12.2. The van der Waals surface area contributed by atoms with Crippen molar-refractivity contribution < 1.29 is 19.4 Å². The van der Waals surface area contributed by atoms with Crippen LogP contribution in [0.15, 0.2) is 18.2 Å². The van der Waals surface area contributed by atoms with Crippen LogP contribution in [0.5, 0.6) is 0 Å². The van der Waals surface area contributed by atoms with E-state index in [4.69, 9.17) is 27.9 Å². The summed E-state index contributed by atoms with van der Waals surface area (Å²) < 4.78 is 5.04. The second-order valence-corrected chi connectivity index (χ2v) is 6.26. The van der Waals surface area contributed by atoms with Gasteiger partial charge in [0.2, 0.25) is 0 Å². The summed E-state index contributed by atoms with van der Waals surface area (Å²) in [5.41, 5.74) is -0.251. The molecule has 1 aromatic rings. The van der Waals surface area contributed by atoms with Crippen LogP contribution in [-0.4, -0.2) is 28.8 Å².